The van der Waals surface area contributed by atoms with Crippen molar-refractivity contribution in [3.8, 4) is 0 Å². The first kappa shape index (κ1) is 14.0. The number of Topliss-reactive ketones (excluding diaryl/α,β-unsaturated/α-hetero) is 1. The molecule has 0 spiro atoms. The van der Waals surface area contributed by atoms with Gasteiger partial charge in [0.2, 0.25) is 0 Å². The molecule has 2 aliphatic rings. The van der Waals surface area contributed by atoms with Crippen molar-refractivity contribution in [2.75, 3.05) is 47.4 Å². The van der Waals surface area contributed by atoms with E-state index < -0.39 is 0 Å². The maximum atomic E-state index is 11.8. The zero-order chi connectivity index (χ0) is 13.2. The summed E-state index contributed by atoms with van der Waals surface area (Å²) in [5, 5.41) is 0. The van der Waals surface area contributed by atoms with Gasteiger partial charge in [0.15, 0.2) is 0 Å². The van der Waals surface area contributed by atoms with Crippen molar-refractivity contribution in [3.05, 3.63) is 0 Å². The Morgan fingerprint density at radius 1 is 1.33 bits per heavy atom. The summed E-state index contributed by atoms with van der Waals surface area (Å²) < 4.78 is 5.41. The van der Waals surface area contributed by atoms with E-state index in [2.05, 4.69) is 30.9 Å². The van der Waals surface area contributed by atoms with E-state index in [1.165, 1.54) is 19.3 Å². The summed E-state index contributed by atoms with van der Waals surface area (Å²) >= 11 is 0. The Hall–Kier alpha value is -0.450. The molecule has 1 saturated heterocycles. The average molecular weight is 254 g/mol. The van der Waals surface area contributed by atoms with Gasteiger partial charge in [0.05, 0.1) is 19.1 Å². The van der Waals surface area contributed by atoms with Gasteiger partial charge < -0.3 is 14.5 Å². The second-order valence-corrected chi connectivity index (χ2v) is 6.16. The minimum Gasteiger partial charge on any atom is -0.380 e. The van der Waals surface area contributed by atoms with E-state index in [9.17, 15) is 4.79 Å². The van der Waals surface area contributed by atoms with Gasteiger partial charge in [-0.05, 0) is 40.4 Å². The zero-order valence-electron chi connectivity index (χ0n) is 11.9. The Bertz CT molecular complexity index is 300. The van der Waals surface area contributed by atoms with Gasteiger partial charge in [0.25, 0.3) is 0 Å². The standard InChI is InChI=1S/C14H26N2O2/c1-15(2)14(6-4-7-14)11-16(3)9-12-10-18-8-5-13(12)17/h12H,4-11H2,1-3H3. The fraction of sp³-hybridized carbons (Fsp3) is 0.929. The molecule has 0 N–H and O–H groups in total. The topological polar surface area (TPSA) is 32.8 Å². The van der Waals surface area contributed by atoms with Crippen LogP contribution in [-0.4, -0.2) is 68.6 Å². The predicted molar refractivity (Wildman–Crippen MR) is 71.7 cm³/mol. The lowest BCUT2D eigenvalue weighted by molar-refractivity contribution is -0.131. The number of rotatable bonds is 5. The fourth-order valence-corrected chi connectivity index (χ4v) is 3.12. The Morgan fingerprint density at radius 2 is 2.06 bits per heavy atom. The van der Waals surface area contributed by atoms with Crippen LogP contribution in [-0.2, 0) is 9.53 Å². The smallest absolute Gasteiger partial charge is 0.141 e. The number of hydrogen-bond donors (Lipinski definition) is 0. The number of carbonyl (C=O) groups is 1. The molecule has 104 valence electrons. The van der Waals surface area contributed by atoms with Crippen molar-refractivity contribution in [1.29, 1.82) is 0 Å². The number of ether oxygens (including phenoxy) is 1. The number of ketones is 1. The molecule has 1 aliphatic carbocycles. The minimum absolute atomic E-state index is 0.0861. The van der Waals surface area contributed by atoms with Crippen LogP contribution in [0, 0.1) is 5.92 Å². The molecule has 1 saturated carbocycles. The lowest BCUT2D eigenvalue weighted by Crippen LogP contribution is -2.57. The molecule has 0 aromatic carbocycles. The van der Waals surface area contributed by atoms with Gasteiger partial charge >= 0.3 is 0 Å². The van der Waals surface area contributed by atoms with Crippen LogP contribution < -0.4 is 0 Å². The van der Waals surface area contributed by atoms with E-state index in [4.69, 9.17) is 4.74 Å². The number of hydrogen-bond acceptors (Lipinski definition) is 4. The van der Waals surface area contributed by atoms with E-state index in [-0.39, 0.29) is 5.92 Å². The molecule has 0 aromatic heterocycles. The molecule has 4 nitrogen and oxygen atoms in total. The highest BCUT2D eigenvalue weighted by Crippen LogP contribution is 2.36. The predicted octanol–water partition coefficient (Wildman–Crippen LogP) is 1.01. The summed E-state index contributed by atoms with van der Waals surface area (Å²) in [4.78, 5) is 16.5. The molecule has 2 rings (SSSR count). The third-order valence-electron chi connectivity index (χ3n) is 4.60. The van der Waals surface area contributed by atoms with E-state index in [1.54, 1.807) is 0 Å². The highest BCUT2D eigenvalue weighted by atomic mass is 16.5. The Balaban J connectivity index is 1.84. The lowest BCUT2D eigenvalue weighted by Gasteiger charge is -2.49. The van der Waals surface area contributed by atoms with Crippen LogP contribution in [0.4, 0.5) is 0 Å². The van der Waals surface area contributed by atoms with Crippen LogP contribution in [0.1, 0.15) is 25.7 Å². The van der Waals surface area contributed by atoms with Crippen molar-refractivity contribution < 1.29 is 9.53 Å². The molecular weight excluding hydrogens is 228 g/mol. The maximum absolute atomic E-state index is 11.8. The molecule has 1 aliphatic heterocycles. The van der Waals surface area contributed by atoms with E-state index in [0.29, 0.717) is 31.0 Å². The molecule has 1 unspecified atom stereocenters. The molecule has 0 radical (unpaired) electrons. The zero-order valence-corrected chi connectivity index (χ0v) is 11.9. The van der Waals surface area contributed by atoms with Crippen LogP contribution in [0.25, 0.3) is 0 Å². The molecular formula is C14H26N2O2. The highest BCUT2D eigenvalue weighted by Gasteiger charge is 2.40. The Kier molecular flexibility index (Phi) is 4.41. The summed E-state index contributed by atoms with van der Waals surface area (Å²) in [6, 6.07) is 0. The average Bonchev–Trinajstić information content (AvgIpc) is 2.26. The third-order valence-corrected chi connectivity index (χ3v) is 4.60. The SMILES string of the molecule is CN(CC1COCCC1=O)CC1(N(C)C)CCC1. The van der Waals surface area contributed by atoms with Gasteiger partial charge in [0.1, 0.15) is 5.78 Å². The molecule has 0 aromatic rings. The molecule has 2 fully saturated rings. The first-order valence-corrected chi connectivity index (χ1v) is 7.00. The van der Waals surface area contributed by atoms with E-state index >= 15 is 0 Å². The van der Waals surface area contributed by atoms with Gasteiger partial charge in [-0.3, -0.25) is 4.79 Å². The van der Waals surface area contributed by atoms with Crippen LogP contribution in [0.2, 0.25) is 0 Å². The molecule has 1 heterocycles. The van der Waals surface area contributed by atoms with Crippen LogP contribution >= 0.6 is 0 Å². The van der Waals surface area contributed by atoms with E-state index in [0.717, 1.165) is 13.1 Å². The van der Waals surface area contributed by atoms with Crippen LogP contribution in [0.3, 0.4) is 0 Å². The van der Waals surface area contributed by atoms with Gasteiger partial charge in [-0.2, -0.15) is 0 Å². The first-order chi connectivity index (χ1) is 8.53. The second-order valence-electron chi connectivity index (χ2n) is 6.16. The molecule has 1 atom stereocenters. The largest absolute Gasteiger partial charge is 0.380 e. The summed E-state index contributed by atoms with van der Waals surface area (Å²) in [5.74, 6) is 0.462. The molecule has 4 heteroatoms. The van der Waals surface area contributed by atoms with Crippen molar-refractivity contribution in [2.24, 2.45) is 5.92 Å². The van der Waals surface area contributed by atoms with Crippen molar-refractivity contribution >= 4 is 5.78 Å². The Morgan fingerprint density at radius 3 is 2.56 bits per heavy atom. The number of nitrogens with zero attached hydrogens (tertiary/aromatic N) is 2. The fourth-order valence-electron chi connectivity index (χ4n) is 3.12. The van der Waals surface area contributed by atoms with Gasteiger partial charge in [-0.25, -0.2) is 0 Å². The van der Waals surface area contributed by atoms with Crippen LogP contribution in [0.5, 0.6) is 0 Å². The molecule has 0 bridgehead atoms. The highest BCUT2D eigenvalue weighted by molar-refractivity contribution is 5.82. The monoisotopic (exact) mass is 254 g/mol. The van der Waals surface area contributed by atoms with Crippen molar-refractivity contribution in [1.82, 2.24) is 9.80 Å². The number of likely N-dealkylation sites (N-methyl/N-ethyl adjacent to an activating group) is 2. The summed E-state index contributed by atoms with van der Waals surface area (Å²) in [7, 11) is 6.47. The van der Waals surface area contributed by atoms with Crippen LogP contribution in [0.15, 0.2) is 0 Å². The van der Waals surface area contributed by atoms with E-state index in [1.807, 2.05) is 0 Å². The van der Waals surface area contributed by atoms with Crippen molar-refractivity contribution in [3.63, 3.8) is 0 Å². The minimum atomic E-state index is 0.0861. The molecule has 18 heavy (non-hydrogen) atoms. The summed E-state index contributed by atoms with van der Waals surface area (Å²) in [5.41, 5.74) is 0.341. The third kappa shape index (κ3) is 2.92. The Labute approximate surface area is 110 Å². The van der Waals surface area contributed by atoms with Crippen molar-refractivity contribution in [2.45, 2.75) is 31.2 Å². The summed E-state index contributed by atoms with van der Waals surface area (Å²) in [6.07, 6.45) is 4.48. The molecule has 0 amide bonds. The lowest BCUT2D eigenvalue weighted by atomic mass is 9.75. The number of carbonyl (C=O) groups excluding carboxylic acids is 1. The summed E-state index contributed by atoms with van der Waals surface area (Å²) in [6.45, 7) is 3.12. The normalized spacial score (nSPS) is 27.6. The second kappa shape index (κ2) is 5.68. The van der Waals surface area contributed by atoms with Gasteiger partial charge in [-0.1, -0.05) is 0 Å². The quantitative estimate of drug-likeness (QED) is 0.733. The van der Waals surface area contributed by atoms with Gasteiger partial charge in [-0.15, -0.1) is 0 Å². The van der Waals surface area contributed by atoms with Gasteiger partial charge in [0, 0.05) is 25.0 Å². The maximum Gasteiger partial charge on any atom is 0.141 e. The first-order valence-electron chi connectivity index (χ1n) is 7.00.